The average molecular weight is 414 g/mol. The molecule has 30 heavy (non-hydrogen) atoms. The van der Waals surface area contributed by atoms with Crippen molar-refractivity contribution in [3.8, 4) is 0 Å². The third-order valence-electron chi connectivity index (χ3n) is 3.93. The topological polar surface area (TPSA) is 143 Å². The fourth-order valence-electron chi connectivity index (χ4n) is 2.59. The maximum atomic E-state index is 12.7. The summed E-state index contributed by atoms with van der Waals surface area (Å²) < 4.78 is 15.6. The number of amides is 1. The van der Waals surface area contributed by atoms with Crippen LogP contribution in [0.5, 0.6) is 0 Å². The summed E-state index contributed by atoms with van der Waals surface area (Å²) in [5, 5.41) is 5.98. The van der Waals surface area contributed by atoms with Crippen LogP contribution in [0, 0.1) is 0 Å². The molecule has 1 N–H and O–H groups in total. The molecule has 2 aromatic heterocycles. The molecular formula is C19H18N4O7. The van der Waals surface area contributed by atoms with Crippen molar-refractivity contribution < 1.29 is 28.4 Å². The first-order valence-electron chi connectivity index (χ1n) is 9.03. The molecule has 3 rings (SSSR count). The number of rotatable bonds is 7. The number of carbonyl (C=O) groups is 3. The molecule has 0 atom stereocenters. The van der Waals surface area contributed by atoms with Gasteiger partial charge < -0.3 is 19.3 Å². The van der Waals surface area contributed by atoms with E-state index in [1.807, 2.05) is 0 Å². The van der Waals surface area contributed by atoms with Crippen LogP contribution in [-0.2, 0) is 20.8 Å². The second kappa shape index (κ2) is 8.99. The highest BCUT2D eigenvalue weighted by atomic mass is 16.5. The maximum Gasteiger partial charge on any atom is 0.361 e. The van der Waals surface area contributed by atoms with Crippen LogP contribution >= 0.6 is 0 Å². The lowest BCUT2D eigenvalue weighted by molar-refractivity contribution is -0.116. The summed E-state index contributed by atoms with van der Waals surface area (Å²) in [5.74, 6) is -1.80. The Bertz CT molecular complexity index is 1150. The van der Waals surface area contributed by atoms with Gasteiger partial charge in [-0.15, -0.1) is 0 Å². The van der Waals surface area contributed by atoms with E-state index in [-0.39, 0.29) is 36.6 Å². The van der Waals surface area contributed by atoms with Crippen molar-refractivity contribution in [1.29, 1.82) is 0 Å². The number of hydrogen-bond acceptors (Lipinski definition) is 9. The lowest BCUT2D eigenvalue weighted by atomic mass is 10.2. The molecule has 11 heteroatoms. The van der Waals surface area contributed by atoms with E-state index in [9.17, 15) is 19.2 Å². The van der Waals surface area contributed by atoms with Crippen molar-refractivity contribution in [2.75, 3.05) is 18.5 Å². The Hall–Kier alpha value is -4.02. The first kappa shape index (κ1) is 20.7. The smallest absolute Gasteiger partial charge is 0.361 e. The highest BCUT2D eigenvalue weighted by Crippen LogP contribution is 2.13. The molecule has 3 aromatic rings. The van der Waals surface area contributed by atoms with Crippen LogP contribution in [-0.4, -0.2) is 45.8 Å². The number of ether oxygens (including phenoxy) is 2. The van der Waals surface area contributed by atoms with Gasteiger partial charge in [0.25, 0.3) is 11.3 Å². The second-order valence-corrected chi connectivity index (χ2v) is 5.96. The third kappa shape index (κ3) is 4.35. The van der Waals surface area contributed by atoms with Gasteiger partial charge in [-0.3, -0.25) is 14.2 Å². The van der Waals surface area contributed by atoms with Crippen LogP contribution in [0.25, 0.3) is 11.1 Å². The SMILES string of the molecule is CCOC(=O)c1ccc(NC(=O)Cn2cnc3onc(C(=O)OCC)c3c2=O)cc1. The van der Waals surface area contributed by atoms with Gasteiger partial charge in [-0.2, -0.15) is 0 Å². The number of nitrogens with one attached hydrogen (secondary N) is 1. The van der Waals surface area contributed by atoms with E-state index in [0.717, 1.165) is 10.9 Å². The average Bonchev–Trinajstić information content (AvgIpc) is 3.16. The van der Waals surface area contributed by atoms with Gasteiger partial charge in [-0.05, 0) is 38.1 Å². The fourth-order valence-corrected chi connectivity index (χ4v) is 2.59. The Labute approximate surface area is 169 Å². The Balaban J connectivity index is 1.76. The van der Waals surface area contributed by atoms with Crippen LogP contribution in [0.1, 0.15) is 34.7 Å². The summed E-state index contributed by atoms with van der Waals surface area (Å²) in [7, 11) is 0. The Morgan fingerprint density at radius 3 is 2.40 bits per heavy atom. The van der Waals surface area contributed by atoms with E-state index in [1.165, 1.54) is 24.3 Å². The predicted octanol–water partition coefficient (Wildman–Crippen LogP) is 1.38. The van der Waals surface area contributed by atoms with Gasteiger partial charge in [0, 0.05) is 5.69 Å². The summed E-state index contributed by atoms with van der Waals surface area (Å²) in [6.07, 6.45) is 1.12. The second-order valence-electron chi connectivity index (χ2n) is 5.96. The number of anilines is 1. The van der Waals surface area contributed by atoms with E-state index in [2.05, 4.69) is 15.5 Å². The van der Waals surface area contributed by atoms with Gasteiger partial charge in [0.2, 0.25) is 11.6 Å². The zero-order chi connectivity index (χ0) is 21.7. The molecule has 2 heterocycles. The first-order valence-corrected chi connectivity index (χ1v) is 9.03. The number of hydrogen-bond donors (Lipinski definition) is 1. The molecule has 0 aliphatic heterocycles. The Kier molecular flexibility index (Phi) is 6.20. The van der Waals surface area contributed by atoms with Gasteiger partial charge in [-0.25, -0.2) is 14.6 Å². The van der Waals surface area contributed by atoms with Crippen molar-refractivity contribution in [1.82, 2.24) is 14.7 Å². The van der Waals surface area contributed by atoms with Crippen LogP contribution in [0.4, 0.5) is 5.69 Å². The molecule has 11 nitrogen and oxygen atoms in total. The van der Waals surface area contributed by atoms with Gasteiger partial charge in [-0.1, -0.05) is 5.16 Å². The summed E-state index contributed by atoms with van der Waals surface area (Å²) in [6.45, 7) is 3.30. The molecule has 0 bridgehead atoms. The molecule has 0 saturated heterocycles. The third-order valence-corrected chi connectivity index (χ3v) is 3.93. The quantitative estimate of drug-likeness (QED) is 0.567. The fraction of sp³-hybridized carbons (Fsp3) is 0.263. The summed E-state index contributed by atoms with van der Waals surface area (Å²) in [5.41, 5.74) is -0.327. The number of carbonyl (C=O) groups excluding carboxylic acids is 3. The van der Waals surface area contributed by atoms with Crippen molar-refractivity contribution in [3.05, 3.63) is 52.2 Å². The number of benzene rings is 1. The molecule has 0 saturated carbocycles. The molecule has 0 aliphatic carbocycles. The molecule has 1 amide bonds. The van der Waals surface area contributed by atoms with Crippen LogP contribution in [0.3, 0.4) is 0 Å². The van der Waals surface area contributed by atoms with Crippen molar-refractivity contribution in [3.63, 3.8) is 0 Å². The van der Waals surface area contributed by atoms with E-state index in [1.54, 1.807) is 13.8 Å². The van der Waals surface area contributed by atoms with Crippen LogP contribution in [0.2, 0.25) is 0 Å². The van der Waals surface area contributed by atoms with Crippen molar-refractivity contribution in [2.45, 2.75) is 20.4 Å². The summed E-state index contributed by atoms with van der Waals surface area (Å²) >= 11 is 0. The Morgan fingerprint density at radius 1 is 1.07 bits per heavy atom. The van der Waals surface area contributed by atoms with Gasteiger partial charge in [0.1, 0.15) is 18.3 Å². The lowest BCUT2D eigenvalue weighted by Gasteiger charge is -2.08. The zero-order valence-corrected chi connectivity index (χ0v) is 16.2. The van der Waals surface area contributed by atoms with Crippen LogP contribution < -0.4 is 10.9 Å². The van der Waals surface area contributed by atoms with Crippen molar-refractivity contribution >= 4 is 34.6 Å². The maximum absolute atomic E-state index is 12.7. The monoisotopic (exact) mass is 414 g/mol. The first-order chi connectivity index (χ1) is 14.4. The van der Waals surface area contributed by atoms with Gasteiger partial charge >= 0.3 is 11.9 Å². The number of aromatic nitrogens is 3. The molecule has 0 radical (unpaired) electrons. The predicted molar refractivity (Wildman–Crippen MR) is 103 cm³/mol. The minimum absolute atomic E-state index is 0.0962. The van der Waals surface area contributed by atoms with E-state index >= 15 is 0 Å². The molecule has 1 aromatic carbocycles. The molecule has 0 aliphatic rings. The van der Waals surface area contributed by atoms with E-state index < -0.39 is 23.4 Å². The van der Waals surface area contributed by atoms with E-state index in [4.69, 9.17) is 14.0 Å². The normalized spacial score (nSPS) is 10.6. The number of nitrogens with zero attached hydrogens (tertiary/aromatic N) is 3. The van der Waals surface area contributed by atoms with Crippen LogP contribution in [0.15, 0.2) is 39.9 Å². The molecule has 0 spiro atoms. The highest BCUT2D eigenvalue weighted by Gasteiger charge is 2.22. The molecular weight excluding hydrogens is 396 g/mol. The highest BCUT2D eigenvalue weighted by molar-refractivity contribution is 6.00. The van der Waals surface area contributed by atoms with Gasteiger partial charge in [0.05, 0.1) is 18.8 Å². The lowest BCUT2D eigenvalue weighted by Crippen LogP contribution is -2.28. The van der Waals surface area contributed by atoms with Crippen molar-refractivity contribution in [2.24, 2.45) is 0 Å². The minimum atomic E-state index is -0.820. The Morgan fingerprint density at radius 2 is 1.73 bits per heavy atom. The van der Waals surface area contributed by atoms with E-state index in [0.29, 0.717) is 11.3 Å². The summed E-state index contributed by atoms with van der Waals surface area (Å²) in [6, 6.07) is 6.09. The zero-order valence-electron chi connectivity index (χ0n) is 16.2. The largest absolute Gasteiger partial charge is 0.462 e. The number of esters is 2. The van der Waals surface area contributed by atoms with Gasteiger partial charge in [0.15, 0.2) is 0 Å². The molecule has 0 unspecified atom stereocenters. The molecule has 0 fully saturated rings. The molecule has 156 valence electrons. The number of fused-ring (bicyclic) bond motifs is 1. The summed E-state index contributed by atoms with van der Waals surface area (Å²) in [4.78, 5) is 52.5. The minimum Gasteiger partial charge on any atom is -0.462 e. The standard InChI is InChI=1S/C19H18N4O7/c1-3-28-18(26)11-5-7-12(8-6-11)21-13(24)9-23-10-20-16-14(17(23)25)15(22-30-16)19(27)29-4-2/h5-8,10H,3-4,9H2,1-2H3,(H,21,24).